The van der Waals surface area contributed by atoms with Crippen molar-refractivity contribution in [1.29, 1.82) is 0 Å². The van der Waals surface area contributed by atoms with Crippen molar-refractivity contribution in [3.8, 4) is 5.75 Å². The number of hydrogen-bond donors (Lipinski definition) is 1. The van der Waals surface area contributed by atoms with E-state index in [0.29, 0.717) is 5.75 Å². The fraction of sp³-hybridized carbons (Fsp3) is 0.538. The van der Waals surface area contributed by atoms with Gasteiger partial charge < -0.3 is 10.1 Å². The molecule has 0 aromatic heterocycles. The Bertz CT molecular complexity index is 458. The van der Waals surface area contributed by atoms with Crippen LogP contribution in [0.2, 0.25) is 0 Å². The van der Waals surface area contributed by atoms with Crippen LogP contribution in [0.3, 0.4) is 0 Å². The van der Waals surface area contributed by atoms with Crippen LogP contribution in [0.15, 0.2) is 18.2 Å². The smallest absolute Gasteiger partial charge is 0.311 e. The number of rotatable bonds is 4. The van der Waals surface area contributed by atoms with Crippen molar-refractivity contribution in [3.05, 3.63) is 33.9 Å². The van der Waals surface area contributed by atoms with E-state index < -0.39 is 4.92 Å². The molecule has 2 rings (SSSR count). The molecule has 6 nitrogen and oxygen atoms in total. The normalized spacial score (nSPS) is 18.0. The van der Waals surface area contributed by atoms with Crippen molar-refractivity contribution in [2.75, 3.05) is 33.3 Å². The maximum Gasteiger partial charge on any atom is 0.311 e. The van der Waals surface area contributed by atoms with E-state index in [1.54, 1.807) is 12.1 Å². The molecule has 1 aromatic carbocycles. The molecule has 1 aliphatic heterocycles. The zero-order valence-corrected chi connectivity index (χ0v) is 11.3. The quantitative estimate of drug-likeness (QED) is 0.661. The van der Waals surface area contributed by atoms with Gasteiger partial charge in [0.1, 0.15) is 0 Å². The molecule has 0 aliphatic carbocycles. The molecule has 0 amide bonds. The summed E-state index contributed by atoms with van der Waals surface area (Å²) in [5, 5.41) is 14.3. The fourth-order valence-corrected chi connectivity index (χ4v) is 2.39. The summed E-state index contributed by atoms with van der Waals surface area (Å²) in [7, 11) is 1.45. The number of nitrogens with zero attached hydrogens (tertiary/aromatic N) is 2. The summed E-state index contributed by atoms with van der Waals surface area (Å²) < 4.78 is 5.02. The maximum atomic E-state index is 11.0. The number of nitro groups is 1. The van der Waals surface area contributed by atoms with Crippen LogP contribution in [0.1, 0.15) is 18.5 Å². The SMILES string of the molecule is COc1ccc([C@@H](C)N2CCNCC2)cc1[N+](=O)[O-]. The molecule has 1 aliphatic rings. The molecule has 0 spiro atoms. The van der Waals surface area contributed by atoms with E-state index in [9.17, 15) is 10.1 Å². The van der Waals surface area contributed by atoms with E-state index in [2.05, 4.69) is 17.1 Å². The van der Waals surface area contributed by atoms with Crippen molar-refractivity contribution in [1.82, 2.24) is 10.2 Å². The second kappa shape index (κ2) is 5.99. The molecule has 1 saturated heterocycles. The Kier molecular flexibility index (Phi) is 4.34. The Balaban J connectivity index is 2.24. The number of ether oxygens (including phenoxy) is 1. The molecule has 6 heteroatoms. The first-order valence-electron chi connectivity index (χ1n) is 6.40. The zero-order valence-electron chi connectivity index (χ0n) is 11.3. The Morgan fingerprint density at radius 3 is 2.68 bits per heavy atom. The molecule has 1 heterocycles. The van der Waals surface area contributed by atoms with Crippen molar-refractivity contribution in [2.45, 2.75) is 13.0 Å². The predicted molar refractivity (Wildman–Crippen MR) is 72.5 cm³/mol. The fourth-order valence-electron chi connectivity index (χ4n) is 2.39. The van der Waals surface area contributed by atoms with Crippen molar-refractivity contribution in [3.63, 3.8) is 0 Å². The third-order valence-corrected chi connectivity index (χ3v) is 3.58. The summed E-state index contributed by atoms with van der Waals surface area (Å²) >= 11 is 0. The first-order chi connectivity index (χ1) is 9.13. The number of nitro benzene ring substituents is 1. The van der Waals surface area contributed by atoms with Crippen LogP contribution >= 0.6 is 0 Å². The van der Waals surface area contributed by atoms with Crippen LogP contribution < -0.4 is 10.1 Å². The summed E-state index contributed by atoms with van der Waals surface area (Å²) in [6.45, 7) is 5.92. The average Bonchev–Trinajstić information content (AvgIpc) is 2.46. The molecule has 0 radical (unpaired) electrons. The van der Waals surface area contributed by atoms with Crippen molar-refractivity contribution in [2.24, 2.45) is 0 Å². The van der Waals surface area contributed by atoms with Gasteiger partial charge in [-0.15, -0.1) is 0 Å². The Morgan fingerprint density at radius 1 is 1.42 bits per heavy atom. The standard InChI is InChI=1S/C13H19N3O3/c1-10(15-7-5-14-6-8-15)11-3-4-13(19-2)12(9-11)16(17)18/h3-4,9-10,14H,5-8H2,1-2H3/t10-/m1/s1. The van der Waals surface area contributed by atoms with E-state index in [1.807, 2.05) is 6.07 Å². The molecule has 1 atom stereocenters. The van der Waals surface area contributed by atoms with Gasteiger partial charge in [0.15, 0.2) is 5.75 Å². The van der Waals surface area contributed by atoms with Gasteiger partial charge in [-0.05, 0) is 18.6 Å². The van der Waals surface area contributed by atoms with Crippen LogP contribution in [-0.4, -0.2) is 43.1 Å². The summed E-state index contributed by atoms with van der Waals surface area (Å²) in [4.78, 5) is 13.0. The monoisotopic (exact) mass is 265 g/mol. The second-order valence-electron chi connectivity index (χ2n) is 4.65. The predicted octanol–water partition coefficient (Wildman–Crippen LogP) is 1.57. The topological polar surface area (TPSA) is 67.6 Å². The number of benzene rings is 1. The first kappa shape index (κ1) is 13.8. The van der Waals surface area contributed by atoms with Crippen LogP contribution in [0.5, 0.6) is 5.75 Å². The van der Waals surface area contributed by atoms with E-state index in [4.69, 9.17) is 4.74 Å². The Hall–Kier alpha value is -1.66. The molecular formula is C13H19N3O3. The van der Waals surface area contributed by atoms with Gasteiger partial charge in [0.05, 0.1) is 12.0 Å². The van der Waals surface area contributed by atoms with Crippen molar-refractivity contribution >= 4 is 5.69 Å². The maximum absolute atomic E-state index is 11.0. The molecule has 104 valence electrons. The van der Waals surface area contributed by atoms with Crippen LogP contribution in [0.25, 0.3) is 0 Å². The highest BCUT2D eigenvalue weighted by Gasteiger charge is 2.22. The average molecular weight is 265 g/mol. The van der Waals surface area contributed by atoms with Gasteiger partial charge in [0.25, 0.3) is 0 Å². The molecule has 0 bridgehead atoms. The molecular weight excluding hydrogens is 246 g/mol. The molecule has 19 heavy (non-hydrogen) atoms. The lowest BCUT2D eigenvalue weighted by atomic mass is 10.0. The van der Waals surface area contributed by atoms with Gasteiger partial charge in [-0.2, -0.15) is 0 Å². The van der Waals surface area contributed by atoms with Crippen LogP contribution in [0, 0.1) is 10.1 Å². The van der Waals surface area contributed by atoms with E-state index in [-0.39, 0.29) is 11.7 Å². The number of methoxy groups -OCH3 is 1. The number of hydrogen-bond acceptors (Lipinski definition) is 5. The molecule has 0 unspecified atom stereocenters. The lowest BCUT2D eigenvalue weighted by Gasteiger charge is -2.33. The zero-order chi connectivity index (χ0) is 13.8. The Labute approximate surface area is 112 Å². The van der Waals surface area contributed by atoms with Gasteiger partial charge in [0.2, 0.25) is 0 Å². The minimum atomic E-state index is -0.396. The molecule has 0 saturated carbocycles. The van der Waals surface area contributed by atoms with E-state index in [0.717, 1.165) is 31.7 Å². The first-order valence-corrected chi connectivity index (χ1v) is 6.40. The minimum absolute atomic E-state index is 0.0296. The molecule has 1 aromatic rings. The summed E-state index contributed by atoms with van der Waals surface area (Å²) in [6, 6.07) is 5.36. The van der Waals surface area contributed by atoms with Gasteiger partial charge in [-0.25, -0.2) is 0 Å². The molecule has 1 N–H and O–H groups in total. The summed E-state index contributed by atoms with van der Waals surface area (Å²) in [5.41, 5.74) is 0.983. The van der Waals surface area contributed by atoms with E-state index >= 15 is 0 Å². The Morgan fingerprint density at radius 2 is 2.11 bits per heavy atom. The molecule has 1 fully saturated rings. The number of piperazine rings is 1. The van der Waals surface area contributed by atoms with Gasteiger partial charge in [-0.3, -0.25) is 15.0 Å². The third kappa shape index (κ3) is 3.02. The van der Waals surface area contributed by atoms with Gasteiger partial charge in [0, 0.05) is 38.3 Å². The summed E-state index contributed by atoms with van der Waals surface area (Å²) in [5.74, 6) is 0.307. The van der Waals surface area contributed by atoms with Crippen LogP contribution in [0.4, 0.5) is 5.69 Å². The minimum Gasteiger partial charge on any atom is -0.490 e. The highest BCUT2D eigenvalue weighted by Crippen LogP contribution is 2.31. The highest BCUT2D eigenvalue weighted by atomic mass is 16.6. The van der Waals surface area contributed by atoms with Crippen LogP contribution in [-0.2, 0) is 0 Å². The van der Waals surface area contributed by atoms with Crippen molar-refractivity contribution < 1.29 is 9.66 Å². The lowest BCUT2D eigenvalue weighted by Crippen LogP contribution is -2.44. The number of nitrogens with one attached hydrogen (secondary N) is 1. The van der Waals surface area contributed by atoms with Gasteiger partial charge >= 0.3 is 5.69 Å². The second-order valence-corrected chi connectivity index (χ2v) is 4.65. The highest BCUT2D eigenvalue weighted by molar-refractivity contribution is 5.49. The lowest BCUT2D eigenvalue weighted by molar-refractivity contribution is -0.385. The largest absolute Gasteiger partial charge is 0.490 e. The summed E-state index contributed by atoms with van der Waals surface area (Å²) in [6.07, 6.45) is 0. The third-order valence-electron chi connectivity index (χ3n) is 3.58. The van der Waals surface area contributed by atoms with Gasteiger partial charge in [-0.1, -0.05) is 6.07 Å². The van der Waals surface area contributed by atoms with E-state index in [1.165, 1.54) is 7.11 Å².